The van der Waals surface area contributed by atoms with Crippen LogP contribution in [-0.4, -0.2) is 16.0 Å². The molecule has 0 radical (unpaired) electrons. The fourth-order valence-electron chi connectivity index (χ4n) is 1.50. The molecular weight excluding hydrogens is 240 g/mol. The lowest BCUT2D eigenvalue weighted by molar-refractivity contribution is 0.497. The minimum atomic E-state index is 0.134. The molecule has 0 aliphatic rings. The summed E-state index contributed by atoms with van der Waals surface area (Å²) in [6, 6.07) is 3.92. The molecule has 17 heavy (non-hydrogen) atoms. The number of nitrogens with zero attached hydrogens (tertiary/aromatic N) is 2. The third kappa shape index (κ3) is 3.10. The zero-order valence-corrected chi connectivity index (χ0v) is 10.1. The van der Waals surface area contributed by atoms with E-state index in [9.17, 15) is 0 Å². The summed E-state index contributed by atoms with van der Waals surface area (Å²) in [6.45, 7) is 2.01. The summed E-state index contributed by atoms with van der Waals surface area (Å²) in [5, 5.41) is 3.34. The Labute approximate surface area is 104 Å². The Hall–Kier alpha value is -1.75. The molecule has 6 heteroatoms. The third-order valence-electron chi connectivity index (χ3n) is 2.26. The summed E-state index contributed by atoms with van der Waals surface area (Å²) in [5.74, 6) is 1.45. The largest absolute Gasteiger partial charge is 0.469 e. The van der Waals surface area contributed by atoms with Crippen LogP contribution in [-0.2, 0) is 6.42 Å². The quantitative estimate of drug-likeness (QED) is 0.817. The number of furan rings is 1. The maximum Gasteiger partial charge on any atom is 0.224 e. The van der Waals surface area contributed by atoms with E-state index in [-0.39, 0.29) is 11.3 Å². The highest BCUT2D eigenvalue weighted by atomic mass is 35.5. The van der Waals surface area contributed by atoms with Gasteiger partial charge in [-0.1, -0.05) is 0 Å². The number of nitrogen functional groups attached to an aromatic ring is 1. The van der Waals surface area contributed by atoms with Crippen molar-refractivity contribution in [2.24, 2.45) is 0 Å². The summed E-state index contributed by atoms with van der Waals surface area (Å²) in [6.07, 6.45) is 3.88. The van der Waals surface area contributed by atoms with Gasteiger partial charge in [0.15, 0.2) is 5.82 Å². The van der Waals surface area contributed by atoms with Crippen LogP contribution in [0.25, 0.3) is 0 Å². The molecule has 0 amide bonds. The van der Waals surface area contributed by atoms with Crippen molar-refractivity contribution < 1.29 is 4.42 Å². The van der Waals surface area contributed by atoms with Gasteiger partial charge in [0, 0.05) is 12.5 Å². The predicted molar refractivity (Wildman–Crippen MR) is 67.0 cm³/mol. The number of nitrogens with one attached hydrogen (secondary N) is 1. The van der Waals surface area contributed by atoms with Gasteiger partial charge in [0.1, 0.15) is 5.76 Å². The van der Waals surface area contributed by atoms with Crippen LogP contribution in [0.4, 0.5) is 11.5 Å². The van der Waals surface area contributed by atoms with Crippen LogP contribution in [0.2, 0.25) is 5.28 Å². The van der Waals surface area contributed by atoms with Gasteiger partial charge >= 0.3 is 0 Å². The van der Waals surface area contributed by atoms with Gasteiger partial charge in [0.25, 0.3) is 0 Å². The van der Waals surface area contributed by atoms with Gasteiger partial charge < -0.3 is 15.5 Å². The molecule has 0 spiro atoms. The van der Waals surface area contributed by atoms with E-state index >= 15 is 0 Å². The molecule has 2 aromatic rings. The van der Waals surface area contributed by atoms with Crippen LogP contribution in [0.5, 0.6) is 0 Å². The molecule has 0 aromatic carbocycles. The van der Waals surface area contributed by atoms with E-state index in [1.54, 1.807) is 6.26 Å². The monoisotopic (exact) mass is 252 g/mol. The Morgan fingerprint density at radius 3 is 3.12 bits per heavy atom. The van der Waals surface area contributed by atoms with Crippen molar-refractivity contribution in [1.82, 2.24) is 9.97 Å². The molecule has 1 atom stereocenters. The third-order valence-corrected chi connectivity index (χ3v) is 2.44. The van der Waals surface area contributed by atoms with E-state index in [2.05, 4.69) is 15.3 Å². The fraction of sp³-hybridized carbons (Fsp3) is 0.273. The minimum Gasteiger partial charge on any atom is -0.469 e. The number of halogens is 1. The number of rotatable bonds is 4. The van der Waals surface area contributed by atoms with Gasteiger partial charge in [-0.25, -0.2) is 4.98 Å². The number of anilines is 2. The Balaban J connectivity index is 2.02. The zero-order chi connectivity index (χ0) is 12.3. The molecule has 90 valence electrons. The summed E-state index contributed by atoms with van der Waals surface area (Å²) >= 11 is 5.71. The SMILES string of the molecule is CC(Cc1ccco1)Nc1nc(Cl)ncc1N. The summed E-state index contributed by atoms with van der Waals surface area (Å²) in [5.41, 5.74) is 6.21. The molecule has 3 N–H and O–H groups in total. The van der Waals surface area contributed by atoms with Crippen molar-refractivity contribution in [1.29, 1.82) is 0 Å². The number of hydrogen-bond acceptors (Lipinski definition) is 5. The molecule has 5 nitrogen and oxygen atoms in total. The van der Waals surface area contributed by atoms with E-state index in [0.29, 0.717) is 11.5 Å². The average Bonchev–Trinajstić information content (AvgIpc) is 2.76. The maximum atomic E-state index is 5.74. The van der Waals surface area contributed by atoms with Crippen LogP contribution in [0.3, 0.4) is 0 Å². The summed E-state index contributed by atoms with van der Waals surface area (Å²) in [4.78, 5) is 7.82. The van der Waals surface area contributed by atoms with Crippen LogP contribution in [0, 0.1) is 0 Å². The first-order valence-corrected chi connectivity index (χ1v) is 5.60. The Kier molecular flexibility index (Phi) is 3.49. The lowest BCUT2D eigenvalue weighted by Gasteiger charge is -2.14. The van der Waals surface area contributed by atoms with Crippen molar-refractivity contribution in [3.05, 3.63) is 35.6 Å². The van der Waals surface area contributed by atoms with E-state index in [1.165, 1.54) is 6.20 Å². The molecule has 2 aromatic heterocycles. The van der Waals surface area contributed by atoms with Crippen molar-refractivity contribution in [2.75, 3.05) is 11.1 Å². The minimum absolute atomic E-state index is 0.134. The number of aromatic nitrogens is 2. The van der Waals surface area contributed by atoms with E-state index < -0.39 is 0 Å². The van der Waals surface area contributed by atoms with Crippen LogP contribution < -0.4 is 11.1 Å². The first kappa shape index (κ1) is 11.7. The van der Waals surface area contributed by atoms with Crippen LogP contribution in [0.1, 0.15) is 12.7 Å². The second-order valence-electron chi connectivity index (χ2n) is 3.77. The average molecular weight is 253 g/mol. The van der Waals surface area contributed by atoms with Crippen LogP contribution in [0.15, 0.2) is 29.0 Å². The van der Waals surface area contributed by atoms with E-state index in [1.807, 2.05) is 19.1 Å². The second-order valence-corrected chi connectivity index (χ2v) is 4.11. The highest BCUT2D eigenvalue weighted by Crippen LogP contribution is 2.17. The highest BCUT2D eigenvalue weighted by molar-refractivity contribution is 6.28. The molecule has 1 unspecified atom stereocenters. The molecule has 0 bridgehead atoms. The predicted octanol–water partition coefficient (Wildman–Crippen LogP) is 2.35. The standard InChI is InChI=1S/C11H13ClN4O/c1-7(5-8-3-2-4-17-8)15-10-9(13)6-14-11(12)16-10/h2-4,6-7H,5,13H2,1H3,(H,14,15,16). The zero-order valence-electron chi connectivity index (χ0n) is 9.35. The molecule has 0 saturated heterocycles. The summed E-state index contributed by atoms with van der Waals surface area (Å²) < 4.78 is 5.27. The highest BCUT2D eigenvalue weighted by Gasteiger charge is 2.09. The molecule has 0 aliphatic carbocycles. The van der Waals surface area contributed by atoms with Gasteiger partial charge in [-0.3, -0.25) is 0 Å². The Bertz CT molecular complexity index is 486. The lowest BCUT2D eigenvalue weighted by Crippen LogP contribution is -2.19. The second kappa shape index (κ2) is 5.05. The first-order chi connectivity index (χ1) is 8.15. The molecular formula is C11H13ClN4O. The molecule has 0 aliphatic heterocycles. The van der Waals surface area contributed by atoms with Gasteiger partial charge in [-0.15, -0.1) is 0 Å². The van der Waals surface area contributed by atoms with Gasteiger partial charge in [-0.05, 0) is 30.7 Å². The molecule has 2 heterocycles. The molecule has 2 rings (SSSR count). The van der Waals surface area contributed by atoms with Gasteiger partial charge in [-0.2, -0.15) is 4.98 Å². The van der Waals surface area contributed by atoms with Crippen LogP contribution >= 0.6 is 11.6 Å². The molecule has 0 saturated carbocycles. The van der Waals surface area contributed by atoms with Crippen molar-refractivity contribution in [3.63, 3.8) is 0 Å². The van der Waals surface area contributed by atoms with Crippen molar-refractivity contribution in [2.45, 2.75) is 19.4 Å². The van der Waals surface area contributed by atoms with Crippen molar-refractivity contribution in [3.8, 4) is 0 Å². The number of nitrogens with two attached hydrogens (primary N) is 1. The first-order valence-electron chi connectivity index (χ1n) is 5.22. The summed E-state index contributed by atoms with van der Waals surface area (Å²) in [7, 11) is 0. The van der Waals surface area contributed by atoms with Crippen molar-refractivity contribution >= 4 is 23.1 Å². The maximum absolute atomic E-state index is 5.74. The smallest absolute Gasteiger partial charge is 0.224 e. The lowest BCUT2D eigenvalue weighted by atomic mass is 10.2. The van der Waals surface area contributed by atoms with Gasteiger partial charge in [0.05, 0.1) is 18.1 Å². The Morgan fingerprint density at radius 2 is 2.41 bits per heavy atom. The molecule has 0 fully saturated rings. The number of hydrogen-bond donors (Lipinski definition) is 2. The van der Waals surface area contributed by atoms with E-state index in [0.717, 1.165) is 12.2 Å². The fourth-order valence-corrected chi connectivity index (χ4v) is 1.63. The normalized spacial score (nSPS) is 12.4. The van der Waals surface area contributed by atoms with E-state index in [4.69, 9.17) is 21.8 Å². The van der Waals surface area contributed by atoms with Gasteiger partial charge in [0.2, 0.25) is 5.28 Å². The Morgan fingerprint density at radius 1 is 1.59 bits per heavy atom. The topological polar surface area (TPSA) is 77.0 Å².